The van der Waals surface area contributed by atoms with Gasteiger partial charge in [-0.1, -0.05) is 0 Å². The summed E-state index contributed by atoms with van der Waals surface area (Å²) in [6, 6.07) is 3.67. The highest BCUT2D eigenvalue weighted by Gasteiger charge is 2.06. The highest BCUT2D eigenvalue weighted by Crippen LogP contribution is 2.20. The molecule has 2 heterocycles. The van der Waals surface area contributed by atoms with Crippen LogP contribution in [-0.4, -0.2) is 22.2 Å². The summed E-state index contributed by atoms with van der Waals surface area (Å²) in [6.45, 7) is 1.26. The van der Waals surface area contributed by atoms with E-state index in [4.69, 9.17) is 0 Å². The van der Waals surface area contributed by atoms with E-state index in [-0.39, 0.29) is 5.91 Å². The van der Waals surface area contributed by atoms with Crippen molar-refractivity contribution in [1.82, 2.24) is 15.1 Å². The van der Waals surface area contributed by atoms with E-state index in [1.807, 2.05) is 23.7 Å². The van der Waals surface area contributed by atoms with Crippen LogP contribution in [0.4, 0.5) is 0 Å². The number of carbonyl (C=O) groups excluding carboxylic acids is 1. The molecular weight excluding hydrogens is 290 g/mol. The fraction of sp³-hybridized carbons (Fsp3) is 0.200. The van der Waals surface area contributed by atoms with Crippen LogP contribution in [-0.2, 0) is 6.54 Å². The van der Waals surface area contributed by atoms with Crippen LogP contribution in [0.25, 0.3) is 0 Å². The Morgan fingerprint density at radius 2 is 2.50 bits per heavy atom. The molecule has 84 valence electrons. The normalized spacial score (nSPS) is 10.3. The summed E-state index contributed by atoms with van der Waals surface area (Å²) < 4.78 is 2.74. The Morgan fingerprint density at radius 1 is 1.62 bits per heavy atom. The molecule has 0 saturated carbocycles. The SMILES string of the molecule is O=C(NCCn1cccn1)c1csc(Br)c1. The Hall–Kier alpha value is -1.14. The van der Waals surface area contributed by atoms with E-state index in [1.54, 1.807) is 10.9 Å². The van der Waals surface area contributed by atoms with Gasteiger partial charge in [0.1, 0.15) is 0 Å². The Balaban J connectivity index is 1.80. The zero-order valence-electron chi connectivity index (χ0n) is 8.39. The zero-order chi connectivity index (χ0) is 11.4. The summed E-state index contributed by atoms with van der Waals surface area (Å²) in [7, 11) is 0. The lowest BCUT2D eigenvalue weighted by molar-refractivity contribution is 0.0952. The monoisotopic (exact) mass is 299 g/mol. The third-order valence-electron chi connectivity index (χ3n) is 2.02. The molecule has 4 nitrogen and oxygen atoms in total. The van der Waals surface area contributed by atoms with Crippen molar-refractivity contribution < 1.29 is 4.79 Å². The summed E-state index contributed by atoms with van der Waals surface area (Å²) in [5.74, 6) is -0.0471. The van der Waals surface area contributed by atoms with Gasteiger partial charge in [0.05, 0.1) is 15.9 Å². The molecule has 0 radical (unpaired) electrons. The molecule has 0 bridgehead atoms. The molecule has 0 saturated heterocycles. The zero-order valence-corrected chi connectivity index (χ0v) is 10.8. The van der Waals surface area contributed by atoms with Gasteiger partial charge in [0, 0.05) is 24.3 Å². The molecule has 0 unspecified atom stereocenters. The minimum Gasteiger partial charge on any atom is -0.350 e. The molecule has 2 aromatic heterocycles. The summed E-state index contributed by atoms with van der Waals surface area (Å²) in [5, 5.41) is 8.71. The van der Waals surface area contributed by atoms with Crippen molar-refractivity contribution >= 4 is 33.2 Å². The lowest BCUT2D eigenvalue weighted by Gasteiger charge is -2.03. The van der Waals surface area contributed by atoms with Crippen LogP contribution in [0.5, 0.6) is 0 Å². The molecular formula is C10H10BrN3OS. The van der Waals surface area contributed by atoms with Gasteiger partial charge in [-0.3, -0.25) is 9.48 Å². The van der Waals surface area contributed by atoms with Gasteiger partial charge in [-0.15, -0.1) is 11.3 Å². The number of halogens is 1. The molecule has 2 aromatic rings. The number of thiophene rings is 1. The Kier molecular flexibility index (Phi) is 3.74. The molecule has 0 atom stereocenters. The summed E-state index contributed by atoms with van der Waals surface area (Å²) >= 11 is 4.83. The smallest absolute Gasteiger partial charge is 0.252 e. The van der Waals surface area contributed by atoms with Crippen LogP contribution < -0.4 is 5.32 Å². The number of hydrogen-bond acceptors (Lipinski definition) is 3. The standard InChI is InChI=1S/C10H10BrN3OS/c11-9-6-8(7-16-9)10(15)12-3-5-14-4-1-2-13-14/h1-2,4,6-7H,3,5H2,(H,12,15). The van der Waals surface area contributed by atoms with Gasteiger partial charge < -0.3 is 5.32 Å². The molecule has 0 spiro atoms. The third-order valence-corrected chi connectivity index (χ3v) is 3.52. The number of nitrogens with zero attached hydrogens (tertiary/aromatic N) is 2. The summed E-state index contributed by atoms with van der Waals surface area (Å²) in [6.07, 6.45) is 3.59. The maximum atomic E-state index is 11.6. The van der Waals surface area contributed by atoms with Crippen LogP contribution >= 0.6 is 27.3 Å². The number of nitrogens with one attached hydrogen (secondary N) is 1. The van der Waals surface area contributed by atoms with E-state index in [0.29, 0.717) is 18.7 Å². The predicted molar refractivity (Wildman–Crippen MR) is 66.6 cm³/mol. The van der Waals surface area contributed by atoms with E-state index in [9.17, 15) is 4.79 Å². The van der Waals surface area contributed by atoms with Crippen molar-refractivity contribution in [3.05, 3.63) is 39.3 Å². The molecule has 16 heavy (non-hydrogen) atoms. The molecule has 1 N–H and O–H groups in total. The first-order valence-corrected chi connectivity index (χ1v) is 6.42. The van der Waals surface area contributed by atoms with Crippen LogP contribution in [0.2, 0.25) is 0 Å². The summed E-state index contributed by atoms with van der Waals surface area (Å²) in [5.41, 5.74) is 0.692. The quantitative estimate of drug-likeness (QED) is 0.940. The van der Waals surface area contributed by atoms with Gasteiger partial charge in [-0.2, -0.15) is 5.10 Å². The largest absolute Gasteiger partial charge is 0.350 e. The minimum absolute atomic E-state index is 0.0471. The van der Waals surface area contributed by atoms with Crippen molar-refractivity contribution in [1.29, 1.82) is 0 Å². The predicted octanol–water partition coefficient (Wildman–Crippen LogP) is 2.14. The van der Waals surface area contributed by atoms with E-state index >= 15 is 0 Å². The van der Waals surface area contributed by atoms with E-state index < -0.39 is 0 Å². The number of carbonyl (C=O) groups is 1. The average molecular weight is 300 g/mol. The number of rotatable bonds is 4. The van der Waals surface area contributed by atoms with Crippen molar-refractivity contribution in [2.24, 2.45) is 0 Å². The van der Waals surface area contributed by atoms with Crippen LogP contribution in [0.1, 0.15) is 10.4 Å². The fourth-order valence-electron chi connectivity index (χ4n) is 1.25. The van der Waals surface area contributed by atoms with Gasteiger partial charge in [-0.25, -0.2) is 0 Å². The molecule has 0 aliphatic carbocycles. The van der Waals surface area contributed by atoms with Crippen molar-refractivity contribution in [3.63, 3.8) is 0 Å². The fourth-order valence-corrected chi connectivity index (χ4v) is 2.38. The van der Waals surface area contributed by atoms with Gasteiger partial charge in [-0.05, 0) is 28.1 Å². The van der Waals surface area contributed by atoms with Gasteiger partial charge in [0.2, 0.25) is 0 Å². The number of aromatic nitrogens is 2. The third kappa shape index (κ3) is 2.93. The first-order chi connectivity index (χ1) is 7.75. The Morgan fingerprint density at radius 3 is 3.12 bits per heavy atom. The second-order valence-electron chi connectivity index (χ2n) is 3.16. The Labute approximate surface area is 105 Å². The van der Waals surface area contributed by atoms with Gasteiger partial charge in [0.15, 0.2) is 0 Å². The average Bonchev–Trinajstić information content (AvgIpc) is 2.89. The van der Waals surface area contributed by atoms with Gasteiger partial charge >= 0.3 is 0 Å². The summed E-state index contributed by atoms with van der Waals surface area (Å²) in [4.78, 5) is 11.6. The number of amides is 1. The van der Waals surface area contributed by atoms with E-state index in [2.05, 4.69) is 26.3 Å². The molecule has 0 fully saturated rings. The highest BCUT2D eigenvalue weighted by atomic mass is 79.9. The molecule has 0 aromatic carbocycles. The highest BCUT2D eigenvalue weighted by molar-refractivity contribution is 9.11. The lowest BCUT2D eigenvalue weighted by Crippen LogP contribution is -2.26. The van der Waals surface area contributed by atoms with Crippen molar-refractivity contribution in [3.8, 4) is 0 Å². The van der Waals surface area contributed by atoms with E-state index in [1.165, 1.54) is 11.3 Å². The van der Waals surface area contributed by atoms with Gasteiger partial charge in [0.25, 0.3) is 5.91 Å². The molecule has 1 amide bonds. The maximum absolute atomic E-state index is 11.6. The first-order valence-electron chi connectivity index (χ1n) is 4.75. The van der Waals surface area contributed by atoms with Crippen LogP contribution in [0, 0.1) is 0 Å². The molecule has 0 aliphatic rings. The van der Waals surface area contributed by atoms with E-state index in [0.717, 1.165) is 3.79 Å². The van der Waals surface area contributed by atoms with Crippen molar-refractivity contribution in [2.45, 2.75) is 6.54 Å². The molecule has 0 aliphatic heterocycles. The lowest BCUT2D eigenvalue weighted by atomic mass is 10.3. The topological polar surface area (TPSA) is 46.9 Å². The van der Waals surface area contributed by atoms with Crippen molar-refractivity contribution in [2.75, 3.05) is 6.54 Å². The van der Waals surface area contributed by atoms with Crippen LogP contribution in [0.3, 0.4) is 0 Å². The second kappa shape index (κ2) is 5.27. The first kappa shape index (κ1) is 11.3. The second-order valence-corrected chi connectivity index (χ2v) is 5.45. The molecule has 2 rings (SSSR count). The Bertz CT molecular complexity index is 466. The molecule has 6 heteroatoms. The van der Waals surface area contributed by atoms with Crippen LogP contribution in [0.15, 0.2) is 33.7 Å². The minimum atomic E-state index is -0.0471. The number of hydrogen-bond donors (Lipinski definition) is 1. The maximum Gasteiger partial charge on any atom is 0.252 e.